The molecule has 0 N–H and O–H groups in total. The van der Waals surface area contributed by atoms with Crippen molar-refractivity contribution in [1.82, 2.24) is 9.97 Å². The summed E-state index contributed by atoms with van der Waals surface area (Å²) in [6.45, 7) is 0.469. The first-order chi connectivity index (χ1) is 13.2. The molecule has 2 aromatic carbocycles. The Balaban J connectivity index is 1.68. The van der Waals surface area contributed by atoms with Gasteiger partial charge in [-0.1, -0.05) is 61.2 Å². The molecule has 1 aromatic heterocycles. The van der Waals surface area contributed by atoms with Gasteiger partial charge < -0.3 is 9.47 Å². The molecular formula is C22H23ClN2O2. The van der Waals surface area contributed by atoms with E-state index >= 15 is 0 Å². The van der Waals surface area contributed by atoms with E-state index in [9.17, 15) is 0 Å². The molecule has 0 radical (unpaired) electrons. The van der Waals surface area contributed by atoms with Gasteiger partial charge in [0.05, 0.1) is 12.6 Å². The molecule has 0 unspecified atom stereocenters. The highest BCUT2D eigenvalue weighted by Crippen LogP contribution is 2.37. The maximum atomic E-state index is 6.49. The van der Waals surface area contributed by atoms with Crippen LogP contribution in [-0.2, 0) is 6.61 Å². The second-order valence-electron chi connectivity index (χ2n) is 7.00. The van der Waals surface area contributed by atoms with Gasteiger partial charge in [0.2, 0.25) is 0 Å². The van der Waals surface area contributed by atoms with Crippen LogP contribution in [0.1, 0.15) is 49.4 Å². The first kappa shape index (κ1) is 18.1. The standard InChI is InChI=1S/C22H23ClN2O2/c1-26-19-12-17-18(13-20(19)27-14-15-8-4-2-5-9-15)24-22(25-21(17)23)16-10-6-3-7-11-16/h2,4-5,8-9,12-13,16H,3,6-7,10-11,14H2,1H3. The van der Waals surface area contributed by atoms with Crippen LogP contribution in [0, 0.1) is 0 Å². The first-order valence-electron chi connectivity index (χ1n) is 9.46. The summed E-state index contributed by atoms with van der Waals surface area (Å²) < 4.78 is 11.5. The largest absolute Gasteiger partial charge is 0.493 e. The number of hydrogen-bond donors (Lipinski definition) is 0. The SMILES string of the molecule is COc1cc2c(Cl)nc(C3CCCCC3)nc2cc1OCc1ccccc1. The number of nitrogens with zero attached hydrogens (tertiary/aromatic N) is 2. The summed E-state index contributed by atoms with van der Waals surface area (Å²) in [5.74, 6) is 2.55. The highest BCUT2D eigenvalue weighted by Gasteiger charge is 2.20. The molecule has 0 atom stereocenters. The molecule has 1 aliphatic carbocycles. The summed E-state index contributed by atoms with van der Waals surface area (Å²) in [7, 11) is 1.63. The molecule has 1 fully saturated rings. The molecule has 5 heteroatoms. The number of aromatic nitrogens is 2. The Bertz CT molecular complexity index is 924. The Morgan fingerprint density at radius 3 is 2.52 bits per heavy atom. The fourth-order valence-electron chi connectivity index (χ4n) is 3.67. The Labute approximate surface area is 164 Å². The van der Waals surface area contributed by atoms with E-state index in [4.69, 9.17) is 26.1 Å². The lowest BCUT2D eigenvalue weighted by molar-refractivity contribution is 0.285. The van der Waals surface area contributed by atoms with Crippen LogP contribution in [0.5, 0.6) is 11.5 Å². The number of hydrogen-bond acceptors (Lipinski definition) is 4. The van der Waals surface area contributed by atoms with Gasteiger partial charge in [-0.2, -0.15) is 0 Å². The summed E-state index contributed by atoms with van der Waals surface area (Å²) in [5, 5.41) is 1.27. The van der Waals surface area contributed by atoms with Crippen molar-refractivity contribution in [1.29, 1.82) is 0 Å². The van der Waals surface area contributed by atoms with E-state index in [2.05, 4.69) is 4.98 Å². The minimum absolute atomic E-state index is 0.399. The number of fused-ring (bicyclic) bond motifs is 1. The van der Waals surface area contributed by atoms with Crippen molar-refractivity contribution in [3.63, 3.8) is 0 Å². The van der Waals surface area contributed by atoms with Gasteiger partial charge >= 0.3 is 0 Å². The molecule has 0 spiro atoms. The molecule has 0 bridgehead atoms. The Hall–Kier alpha value is -2.33. The zero-order chi connectivity index (χ0) is 18.6. The quantitative estimate of drug-likeness (QED) is 0.514. The van der Waals surface area contributed by atoms with Crippen LogP contribution < -0.4 is 9.47 Å². The monoisotopic (exact) mass is 382 g/mol. The van der Waals surface area contributed by atoms with Gasteiger partial charge in [0.15, 0.2) is 11.5 Å². The molecule has 0 amide bonds. The molecule has 0 aliphatic heterocycles. The van der Waals surface area contributed by atoms with Crippen molar-refractivity contribution < 1.29 is 9.47 Å². The zero-order valence-electron chi connectivity index (χ0n) is 15.5. The number of methoxy groups -OCH3 is 1. The lowest BCUT2D eigenvalue weighted by atomic mass is 9.88. The predicted molar refractivity (Wildman–Crippen MR) is 108 cm³/mol. The highest BCUT2D eigenvalue weighted by atomic mass is 35.5. The summed E-state index contributed by atoms with van der Waals surface area (Å²) in [6.07, 6.45) is 6.03. The van der Waals surface area contributed by atoms with E-state index in [1.54, 1.807) is 7.11 Å². The lowest BCUT2D eigenvalue weighted by Gasteiger charge is -2.21. The van der Waals surface area contributed by atoms with Crippen LogP contribution in [0.4, 0.5) is 0 Å². The van der Waals surface area contributed by atoms with Crippen molar-refractivity contribution in [2.45, 2.75) is 44.6 Å². The fraction of sp³-hybridized carbons (Fsp3) is 0.364. The maximum Gasteiger partial charge on any atom is 0.163 e. The molecule has 3 aromatic rings. The van der Waals surface area contributed by atoms with E-state index in [1.807, 2.05) is 42.5 Å². The van der Waals surface area contributed by atoms with Crippen molar-refractivity contribution in [2.75, 3.05) is 7.11 Å². The van der Waals surface area contributed by atoms with E-state index in [0.29, 0.717) is 29.2 Å². The maximum absolute atomic E-state index is 6.49. The summed E-state index contributed by atoms with van der Waals surface area (Å²) in [4.78, 5) is 9.40. The third kappa shape index (κ3) is 4.01. The van der Waals surface area contributed by atoms with Gasteiger partial charge in [0.25, 0.3) is 0 Å². The average molecular weight is 383 g/mol. The van der Waals surface area contributed by atoms with E-state index in [0.717, 1.165) is 35.1 Å². The van der Waals surface area contributed by atoms with E-state index in [-0.39, 0.29) is 0 Å². The minimum atomic E-state index is 0.399. The number of rotatable bonds is 5. The van der Waals surface area contributed by atoms with Gasteiger partial charge in [0, 0.05) is 17.4 Å². The molecule has 1 heterocycles. The van der Waals surface area contributed by atoms with E-state index < -0.39 is 0 Å². The summed E-state index contributed by atoms with van der Waals surface area (Å²) in [5.41, 5.74) is 1.91. The van der Waals surface area contributed by atoms with Crippen molar-refractivity contribution in [3.8, 4) is 11.5 Å². The minimum Gasteiger partial charge on any atom is -0.493 e. The molecule has 27 heavy (non-hydrogen) atoms. The lowest BCUT2D eigenvalue weighted by Crippen LogP contribution is -2.09. The van der Waals surface area contributed by atoms with Crippen LogP contribution in [0.2, 0.25) is 5.15 Å². The van der Waals surface area contributed by atoms with Crippen molar-refractivity contribution in [2.24, 2.45) is 0 Å². The molecule has 0 saturated heterocycles. The molecular weight excluding hydrogens is 360 g/mol. The average Bonchev–Trinajstić information content (AvgIpc) is 2.73. The third-order valence-corrected chi connectivity index (χ3v) is 5.45. The predicted octanol–water partition coefficient (Wildman–Crippen LogP) is 5.92. The second kappa shape index (κ2) is 8.13. The molecule has 4 nitrogen and oxygen atoms in total. The topological polar surface area (TPSA) is 44.2 Å². The summed E-state index contributed by atoms with van der Waals surface area (Å²) >= 11 is 6.49. The van der Waals surface area contributed by atoms with Crippen molar-refractivity contribution in [3.05, 3.63) is 59.0 Å². The van der Waals surface area contributed by atoms with Crippen LogP contribution in [0.3, 0.4) is 0 Å². The summed E-state index contributed by atoms with van der Waals surface area (Å²) in [6, 6.07) is 13.8. The Morgan fingerprint density at radius 2 is 1.78 bits per heavy atom. The van der Waals surface area contributed by atoms with Gasteiger partial charge in [-0.15, -0.1) is 0 Å². The number of benzene rings is 2. The fourth-order valence-corrected chi connectivity index (χ4v) is 3.91. The van der Waals surface area contributed by atoms with Crippen LogP contribution >= 0.6 is 11.6 Å². The van der Waals surface area contributed by atoms with Gasteiger partial charge in [-0.3, -0.25) is 0 Å². The highest BCUT2D eigenvalue weighted by molar-refractivity contribution is 6.34. The molecule has 1 saturated carbocycles. The molecule has 1 aliphatic rings. The van der Waals surface area contributed by atoms with E-state index in [1.165, 1.54) is 19.3 Å². The first-order valence-corrected chi connectivity index (χ1v) is 9.84. The van der Waals surface area contributed by atoms with Crippen LogP contribution in [0.15, 0.2) is 42.5 Å². The molecule has 4 rings (SSSR count). The van der Waals surface area contributed by atoms with Crippen LogP contribution in [0.25, 0.3) is 10.9 Å². The second-order valence-corrected chi connectivity index (χ2v) is 7.36. The van der Waals surface area contributed by atoms with Gasteiger partial charge in [-0.25, -0.2) is 9.97 Å². The van der Waals surface area contributed by atoms with Gasteiger partial charge in [-0.05, 0) is 24.5 Å². The van der Waals surface area contributed by atoms with Gasteiger partial charge in [0.1, 0.15) is 17.6 Å². The number of halogens is 1. The number of ether oxygens (including phenoxy) is 2. The Morgan fingerprint density at radius 1 is 1.00 bits per heavy atom. The normalized spacial score (nSPS) is 15.0. The Kier molecular flexibility index (Phi) is 5.44. The van der Waals surface area contributed by atoms with Crippen molar-refractivity contribution >= 4 is 22.5 Å². The zero-order valence-corrected chi connectivity index (χ0v) is 16.2. The van der Waals surface area contributed by atoms with Crippen LogP contribution in [-0.4, -0.2) is 17.1 Å². The molecule has 140 valence electrons. The third-order valence-electron chi connectivity index (χ3n) is 5.16. The smallest absolute Gasteiger partial charge is 0.163 e.